The van der Waals surface area contributed by atoms with Gasteiger partial charge in [-0.3, -0.25) is 9.55 Å². The average molecular weight is 464 g/mol. The van der Waals surface area contributed by atoms with E-state index in [9.17, 15) is 0 Å². The largest absolute Gasteiger partial charge is 0.464 e. The van der Waals surface area contributed by atoms with Crippen molar-refractivity contribution in [2.75, 3.05) is 0 Å². The first-order chi connectivity index (χ1) is 17.8. The van der Waals surface area contributed by atoms with Crippen LogP contribution in [0.2, 0.25) is 0 Å². The minimum Gasteiger partial charge on any atom is -0.464 e. The first-order valence-electron chi connectivity index (χ1n) is 11.9. The van der Waals surface area contributed by atoms with Crippen LogP contribution in [0.25, 0.3) is 61.3 Å². The summed E-state index contributed by atoms with van der Waals surface area (Å²) in [6.45, 7) is 0. The number of imidazole rings is 1. The predicted octanol–water partition coefficient (Wildman–Crippen LogP) is 8.17. The van der Waals surface area contributed by atoms with Gasteiger partial charge in [0.05, 0.1) is 16.6 Å². The fourth-order valence-electron chi connectivity index (χ4n) is 4.83. The number of hydrogen-bond acceptors (Lipinski definition) is 3. The SMILES string of the molecule is c1ccc(-c2ccc(-n3c(-c4coc5ccc(-c6ccncc6)cc45)nc4ccccc43)cc2)cc1. The van der Waals surface area contributed by atoms with Gasteiger partial charge in [-0.05, 0) is 70.8 Å². The van der Waals surface area contributed by atoms with Gasteiger partial charge in [0.2, 0.25) is 0 Å². The Hall–Kier alpha value is -4.96. The van der Waals surface area contributed by atoms with Crippen molar-refractivity contribution in [1.29, 1.82) is 0 Å². The van der Waals surface area contributed by atoms with Crippen LogP contribution in [0.1, 0.15) is 0 Å². The highest BCUT2D eigenvalue weighted by molar-refractivity contribution is 5.97. The number of benzene rings is 4. The molecular formula is C32H21N3O. The first-order valence-corrected chi connectivity index (χ1v) is 11.9. The molecule has 4 nitrogen and oxygen atoms in total. The van der Waals surface area contributed by atoms with E-state index in [0.29, 0.717) is 0 Å². The molecule has 36 heavy (non-hydrogen) atoms. The summed E-state index contributed by atoms with van der Waals surface area (Å²) < 4.78 is 8.21. The van der Waals surface area contributed by atoms with Crippen molar-refractivity contribution in [2.24, 2.45) is 0 Å². The van der Waals surface area contributed by atoms with E-state index < -0.39 is 0 Å². The first kappa shape index (κ1) is 20.4. The molecule has 0 aliphatic heterocycles. The summed E-state index contributed by atoms with van der Waals surface area (Å²) in [4.78, 5) is 9.21. The highest BCUT2D eigenvalue weighted by Gasteiger charge is 2.19. The summed E-state index contributed by atoms with van der Waals surface area (Å²) in [5, 5.41) is 1.03. The van der Waals surface area contributed by atoms with E-state index in [1.165, 1.54) is 11.1 Å². The number of pyridine rings is 1. The topological polar surface area (TPSA) is 43.9 Å². The van der Waals surface area contributed by atoms with Crippen molar-refractivity contribution in [3.05, 3.63) is 128 Å². The monoisotopic (exact) mass is 463 g/mol. The molecular weight excluding hydrogens is 442 g/mol. The van der Waals surface area contributed by atoms with Crippen molar-refractivity contribution in [1.82, 2.24) is 14.5 Å². The lowest BCUT2D eigenvalue weighted by Crippen LogP contribution is -1.97. The lowest BCUT2D eigenvalue weighted by molar-refractivity contribution is 0.616. The van der Waals surface area contributed by atoms with Gasteiger partial charge in [0.25, 0.3) is 0 Å². The summed E-state index contributed by atoms with van der Waals surface area (Å²) in [5.41, 5.74) is 9.46. The Bertz CT molecular complexity index is 1820. The Balaban J connectivity index is 1.41. The van der Waals surface area contributed by atoms with Gasteiger partial charge in [0, 0.05) is 23.5 Å². The summed E-state index contributed by atoms with van der Waals surface area (Å²) in [6.07, 6.45) is 5.44. The third kappa shape index (κ3) is 3.39. The van der Waals surface area contributed by atoms with Crippen LogP contribution in [0.4, 0.5) is 0 Å². The third-order valence-electron chi connectivity index (χ3n) is 6.62. The molecule has 0 aliphatic carbocycles. The second-order valence-corrected chi connectivity index (χ2v) is 8.77. The van der Waals surface area contributed by atoms with E-state index in [2.05, 4.69) is 88.4 Å². The Kier molecular flexibility index (Phi) is 4.74. The number of furan rings is 1. The Labute approximate surface area is 208 Å². The highest BCUT2D eigenvalue weighted by Crippen LogP contribution is 2.36. The van der Waals surface area contributed by atoms with Crippen LogP contribution < -0.4 is 0 Å². The number of nitrogens with zero attached hydrogens (tertiary/aromatic N) is 3. The molecule has 170 valence electrons. The normalized spacial score (nSPS) is 11.3. The van der Waals surface area contributed by atoms with Crippen molar-refractivity contribution < 1.29 is 4.42 Å². The smallest absolute Gasteiger partial charge is 0.149 e. The van der Waals surface area contributed by atoms with E-state index >= 15 is 0 Å². The van der Waals surface area contributed by atoms with Crippen molar-refractivity contribution in [2.45, 2.75) is 0 Å². The molecule has 0 spiro atoms. The number of hydrogen-bond donors (Lipinski definition) is 0. The maximum Gasteiger partial charge on any atom is 0.149 e. The molecule has 4 aromatic carbocycles. The van der Waals surface area contributed by atoms with E-state index in [0.717, 1.165) is 50.2 Å². The minimum absolute atomic E-state index is 0.834. The van der Waals surface area contributed by atoms with E-state index in [1.807, 2.05) is 49.0 Å². The summed E-state index contributed by atoms with van der Waals surface area (Å²) >= 11 is 0. The molecule has 0 bridgehead atoms. The molecule has 0 saturated heterocycles. The van der Waals surface area contributed by atoms with Gasteiger partial charge in [-0.1, -0.05) is 60.7 Å². The van der Waals surface area contributed by atoms with Crippen molar-refractivity contribution in [3.8, 4) is 39.3 Å². The average Bonchev–Trinajstić information content (AvgIpc) is 3.55. The molecule has 0 radical (unpaired) electrons. The minimum atomic E-state index is 0.834. The van der Waals surface area contributed by atoms with Gasteiger partial charge < -0.3 is 4.42 Å². The molecule has 3 heterocycles. The van der Waals surface area contributed by atoms with Gasteiger partial charge in [0.1, 0.15) is 17.7 Å². The molecule has 7 rings (SSSR count). The summed E-state index contributed by atoms with van der Waals surface area (Å²) in [6, 6.07) is 37.6. The molecule has 7 aromatic rings. The van der Waals surface area contributed by atoms with Crippen molar-refractivity contribution >= 4 is 22.0 Å². The van der Waals surface area contributed by atoms with Gasteiger partial charge in [-0.25, -0.2) is 4.98 Å². The quantitative estimate of drug-likeness (QED) is 0.264. The summed E-state index contributed by atoms with van der Waals surface area (Å²) in [7, 11) is 0. The second kappa shape index (κ2) is 8.36. The second-order valence-electron chi connectivity index (χ2n) is 8.77. The van der Waals surface area contributed by atoms with Crippen LogP contribution in [0.3, 0.4) is 0 Å². The predicted molar refractivity (Wildman–Crippen MR) is 145 cm³/mol. The van der Waals surface area contributed by atoms with Gasteiger partial charge in [-0.2, -0.15) is 0 Å². The maximum absolute atomic E-state index is 5.99. The molecule has 0 aliphatic rings. The number of para-hydroxylation sites is 2. The molecule has 3 aromatic heterocycles. The van der Waals surface area contributed by atoms with Crippen LogP contribution in [0.5, 0.6) is 0 Å². The van der Waals surface area contributed by atoms with E-state index in [1.54, 1.807) is 0 Å². The Morgan fingerprint density at radius 3 is 2.14 bits per heavy atom. The van der Waals surface area contributed by atoms with Crippen LogP contribution in [-0.4, -0.2) is 14.5 Å². The van der Waals surface area contributed by atoms with Crippen LogP contribution in [-0.2, 0) is 0 Å². The fourth-order valence-corrected chi connectivity index (χ4v) is 4.83. The lowest BCUT2D eigenvalue weighted by atomic mass is 10.0. The van der Waals surface area contributed by atoms with Crippen LogP contribution in [0, 0.1) is 0 Å². The fraction of sp³-hybridized carbons (Fsp3) is 0. The third-order valence-corrected chi connectivity index (χ3v) is 6.62. The molecule has 4 heteroatoms. The zero-order valence-corrected chi connectivity index (χ0v) is 19.4. The summed E-state index contributed by atoms with van der Waals surface area (Å²) in [5.74, 6) is 0.856. The Morgan fingerprint density at radius 2 is 1.31 bits per heavy atom. The van der Waals surface area contributed by atoms with Crippen molar-refractivity contribution in [3.63, 3.8) is 0 Å². The maximum atomic E-state index is 5.99. The number of aromatic nitrogens is 3. The van der Waals surface area contributed by atoms with Crippen LogP contribution in [0.15, 0.2) is 132 Å². The highest BCUT2D eigenvalue weighted by atomic mass is 16.3. The lowest BCUT2D eigenvalue weighted by Gasteiger charge is -2.10. The van der Waals surface area contributed by atoms with Gasteiger partial charge in [-0.15, -0.1) is 0 Å². The van der Waals surface area contributed by atoms with E-state index in [-0.39, 0.29) is 0 Å². The molecule has 0 amide bonds. The molecule has 0 unspecified atom stereocenters. The van der Waals surface area contributed by atoms with Gasteiger partial charge >= 0.3 is 0 Å². The van der Waals surface area contributed by atoms with Crippen LogP contribution >= 0.6 is 0 Å². The zero-order valence-electron chi connectivity index (χ0n) is 19.4. The number of rotatable bonds is 4. The van der Waals surface area contributed by atoms with E-state index in [4.69, 9.17) is 9.40 Å². The number of fused-ring (bicyclic) bond motifs is 2. The molecule has 0 fully saturated rings. The molecule has 0 N–H and O–H groups in total. The van der Waals surface area contributed by atoms with Gasteiger partial charge in [0.15, 0.2) is 0 Å². The zero-order chi connectivity index (χ0) is 23.9. The Morgan fingerprint density at radius 1 is 0.611 bits per heavy atom. The molecule has 0 saturated carbocycles. The standard InChI is InChI=1S/C32H21N3O/c1-2-6-22(7-3-1)23-10-13-26(14-11-23)35-30-9-5-4-8-29(30)34-32(35)28-21-36-31-15-12-25(20-27(28)31)24-16-18-33-19-17-24/h1-21H. The molecule has 0 atom stereocenters.